The van der Waals surface area contributed by atoms with Crippen molar-refractivity contribution in [3.8, 4) is 11.4 Å². The molecule has 2 unspecified atom stereocenters. The zero-order valence-electron chi connectivity index (χ0n) is 25.6. The molecule has 1 saturated heterocycles. The number of carbonyl (C=O) groups excluding carboxylic acids is 1. The number of hydrogen-bond donors (Lipinski definition) is 2. The van der Waals surface area contributed by atoms with Crippen molar-refractivity contribution in [1.29, 1.82) is 0 Å². The normalized spacial score (nSPS) is 16.9. The van der Waals surface area contributed by atoms with Crippen molar-refractivity contribution in [1.82, 2.24) is 14.9 Å². The third-order valence-corrected chi connectivity index (χ3v) is 8.41. The van der Waals surface area contributed by atoms with E-state index in [0.717, 1.165) is 28.3 Å². The molecule has 1 aliphatic rings. The molecule has 4 aromatic rings. The van der Waals surface area contributed by atoms with E-state index >= 15 is 0 Å². The molecular formula is C34H39N5O2S. The Morgan fingerprint density at radius 2 is 1.79 bits per heavy atom. The van der Waals surface area contributed by atoms with Crippen LogP contribution in [0, 0.1) is 33.1 Å². The van der Waals surface area contributed by atoms with Gasteiger partial charge in [0.2, 0.25) is 5.91 Å². The lowest BCUT2D eigenvalue weighted by Crippen LogP contribution is -2.30. The van der Waals surface area contributed by atoms with E-state index in [4.69, 9.17) is 21.9 Å². The first-order valence-corrected chi connectivity index (χ1v) is 14.6. The van der Waals surface area contributed by atoms with Gasteiger partial charge >= 0.3 is 0 Å². The zero-order valence-corrected chi connectivity index (χ0v) is 26.4. The van der Waals surface area contributed by atoms with Crippen LogP contribution in [0.4, 0.5) is 11.4 Å². The van der Waals surface area contributed by atoms with Crippen molar-refractivity contribution in [3.05, 3.63) is 101 Å². The molecule has 218 valence electrons. The lowest BCUT2D eigenvalue weighted by atomic mass is 9.95. The van der Waals surface area contributed by atoms with Gasteiger partial charge in [0.25, 0.3) is 0 Å². The smallest absolute Gasteiger partial charge is 0.229 e. The Balaban J connectivity index is 1.64. The largest absolute Gasteiger partial charge is 0.494 e. The van der Waals surface area contributed by atoms with Crippen LogP contribution in [-0.2, 0) is 4.79 Å². The van der Waals surface area contributed by atoms with Crippen LogP contribution in [0.5, 0.6) is 5.75 Å². The topological polar surface area (TPSA) is 71.4 Å². The van der Waals surface area contributed by atoms with E-state index in [1.54, 1.807) is 7.11 Å². The highest BCUT2D eigenvalue weighted by Crippen LogP contribution is 2.45. The second kappa shape index (κ2) is 11.2. The van der Waals surface area contributed by atoms with Gasteiger partial charge < -0.3 is 24.8 Å². The number of carbonyl (C=O) groups is 1. The Morgan fingerprint density at radius 3 is 2.45 bits per heavy atom. The van der Waals surface area contributed by atoms with E-state index in [9.17, 15) is 4.79 Å². The molecule has 8 heteroatoms. The van der Waals surface area contributed by atoms with E-state index < -0.39 is 5.41 Å². The lowest BCUT2D eigenvalue weighted by Gasteiger charge is -2.29. The van der Waals surface area contributed by atoms with Gasteiger partial charge in [0, 0.05) is 40.4 Å². The fourth-order valence-corrected chi connectivity index (χ4v) is 5.97. The molecule has 7 nitrogen and oxygen atoms in total. The van der Waals surface area contributed by atoms with Gasteiger partial charge in [-0.2, -0.15) is 0 Å². The maximum absolute atomic E-state index is 12.7. The van der Waals surface area contributed by atoms with Gasteiger partial charge in [-0.15, -0.1) is 0 Å². The summed E-state index contributed by atoms with van der Waals surface area (Å²) in [6.07, 6.45) is 1.81. The van der Waals surface area contributed by atoms with Gasteiger partial charge in [-0.25, -0.2) is 0 Å². The van der Waals surface area contributed by atoms with Gasteiger partial charge in [-0.05, 0) is 93.0 Å². The van der Waals surface area contributed by atoms with Crippen molar-refractivity contribution in [3.63, 3.8) is 0 Å². The molecule has 5 rings (SSSR count). The first kappa shape index (κ1) is 29.3. The molecule has 2 N–H and O–H groups in total. The molecular weight excluding hydrogens is 542 g/mol. The number of benzene rings is 2. The molecule has 1 amide bonds. The lowest BCUT2D eigenvalue weighted by molar-refractivity contribution is -0.123. The number of aromatic nitrogens is 2. The summed E-state index contributed by atoms with van der Waals surface area (Å²) >= 11 is 5.99. The highest BCUT2D eigenvalue weighted by atomic mass is 32.1. The first-order valence-electron chi connectivity index (χ1n) is 14.2. The molecule has 0 spiro atoms. The Labute approximate surface area is 253 Å². The maximum atomic E-state index is 12.7. The first-order chi connectivity index (χ1) is 19.9. The Hall–Kier alpha value is -4.17. The summed E-state index contributed by atoms with van der Waals surface area (Å²) in [6.45, 7) is 14.3. The van der Waals surface area contributed by atoms with Crippen LogP contribution < -0.4 is 20.3 Å². The average Bonchev–Trinajstić information content (AvgIpc) is 3.45. The molecule has 1 fully saturated rings. The number of ether oxygens (including phenoxy) is 1. The summed E-state index contributed by atoms with van der Waals surface area (Å²) in [5.41, 5.74) is 8.96. The molecule has 0 saturated carbocycles. The van der Waals surface area contributed by atoms with E-state index in [1.165, 1.54) is 16.8 Å². The van der Waals surface area contributed by atoms with Crippen LogP contribution in [0.15, 0.2) is 66.9 Å². The monoisotopic (exact) mass is 581 g/mol. The SMILES string of the molecule is COc1cc(N2C(=S)NC(c3ccccn3)C2c2cc(C)n(-c3cccc(C)c3C)c2C)ccc1NC(=O)C(C)(C)C. The fourth-order valence-electron chi connectivity index (χ4n) is 5.63. The predicted octanol–water partition coefficient (Wildman–Crippen LogP) is 7.28. The van der Waals surface area contributed by atoms with Gasteiger partial charge in [-0.3, -0.25) is 9.78 Å². The number of thiocarbonyl (C=S) groups is 1. The Bertz CT molecular complexity index is 1650. The van der Waals surface area contributed by atoms with Gasteiger partial charge in [-0.1, -0.05) is 39.0 Å². The predicted molar refractivity (Wildman–Crippen MR) is 174 cm³/mol. The standard InChI is InChI=1S/C34H39N5O2S/c1-20-12-11-14-28(22(20)3)38-21(2)18-25(23(38)4)31-30(27-13-9-10-17-35-27)37-33(42)39(31)24-15-16-26(29(19-24)41-8)36-32(40)34(5,6)7/h9-19,30-31H,1-8H3,(H,36,40)(H,37,42). The number of pyridine rings is 1. The van der Waals surface area contributed by atoms with Crippen LogP contribution in [0.1, 0.15) is 66.6 Å². The molecule has 3 heterocycles. The summed E-state index contributed by atoms with van der Waals surface area (Å²) in [5.74, 6) is 0.479. The zero-order chi connectivity index (χ0) is 30.3. The Morgan fingerprint density at radius 1 is 1.02 bits per heavy atom. The summed E-state index contributed by atoms with van der Waals surface area (Å²) < 4.78 is 8.09. The molecule has 1 aliphatic heterocycles. The van der Waals surface area contributed by atoms with E-state index in [-0.39, 0.29) is 18.0 Å². The summed E-state index contributed by atoms with van der Waals surface area (Å²) in [4.78, 5) is 19.6. The summed E-state index contributed by atoms with van der Waals surface area (Å²) in [7, 11) is 1.61. The minimum absolute atomic E-state index is 0.0844. The minimum Gasteiger partial charge on any atom is -0.494 e. The number of nitrogens with one attached hydrogen (secondary N) is 2. The minimum atomic E-state index is -0.538. The van der Waals surface area contributed by atoms with E-state index in [1.807, 2.05) is 63.4 Å². The number of rotatable bonds is 6. The number of hydrogen-bond acceptors (Lipinski definition) is 4. The van der Waals surface area contributed by atoms with Crippen LogP contribution in [0.3, 0.4) is 0 Å². The van der Waals surface area contributed by atoms with E-state index in [2.05, 4.69) is 72.1 Å². The molecule has 0 aliphatic carbocycles. The van der Waals surface area contributed by atoms with Gasteiger partial charge in [0.05, 0.1) is 30.6 Å². The fraction of sp³-hybridized carbons (Fsp3) is 0.324. The Kier molecular flexibility index (Phi) is 7.86. The number of methoxy groups -OCH3 is 1. The van der Waals surface area contributed by atoms with Crippen molar-refractivity contribution >= 4 is 34.6 Å². The van der Waals surface area contributed by atoms with Crippen molar-refractivity contribution in [2.75, 3.05) is 17.3 Å². The summed E-state index contributed by atoms with van der Waals surface area (Å²) in [5, 5.41) is 7.17. The third kappa shape index (κ3) is 5.27. The van der Waals surface area contributed by atoms with E-state index in [0.29, 0.717) is 16.5 Å². The molecule has 0 radical (unpaired) electrons. The number of nitrogens with zero attached hydrogens (tertiary/aromatic N) is 3. The number of anilines is 2. The number of aryl methyl sites for hydroxylation is 2. The second-order valence-electron chi connectivity index (χ2n) is 12.0. The summed E-state index contributed by atoms with van der Waals surface area (Å²) in [6, 6.07) is 20.1. The van der Waals surface area contributed by atoms with Crippen LogP contribution >= 0.6 is 12.2 Å². The van der Waals surface area contributed by atoms with Crippen LogP contribution in [0.2, 0.25) is 0 Å². The highest BCUT2D eigenvalue weighted by molar-refractivity contribution is 7.80. The quantitative estimate of drug-likeness (QED) is 0.233. The van der Waals surface area contributed by atoms with Crippen LogP contribution in [0.25, 0.3) is 5.69 Å². The van der Waals surface area contributed by atoms with Crippen molar-refractivity contribution < 1.29 is 9.53 Å². The molecule has 42 heavy (non-hydrogen) atoms. The van der Waals surface area contributed by atoms with Crippen molar-refractivity contribution in [2.45, 2.75) is 60.5 Å². The number of amides is 1. The second-order valence-corrected chi connectivity index (χ2v) is 12.4. The van der Waals surface area contributed by atoms with Crippen LogP contribution in [-0.4, -0.2) is 27.7 Å². The molecule has 0 bridgehead atoms. The van der Waals surface area contributed by atoms with Gasteiger partial charge in [0.15, 0.2) is 5.11 Å². The molecule has 2 atom stereocenters. The molecule has 2 aromatic heterocycles. The maximum Gasteiger partial charge on any atom is 0.229 e. The average molecular weight is 582 g/mol. The molecule has 2 aromatic carbocycles. The van der Waals surface area contributed by atoms with Gasteiger partial charge in [0.1, 0.15) is 5.75 Å². The third-order valence-electron chi connectivity index (χ3n) is 8.10. The van der Waals surface area contributed by atoms with Crippen molar-refractivity contribution in [2.24, 2.45) is 5.41 Å². The highest BCUT2D eigenvalue weighted by Gasteiger charge is 2.42.